The molecule has 3 nitrogen and oxygen atoms in total. The Hall–Kier alpha value is -1.51. The number of hydrogen-bond acceptors (Lipinski definition) is 2. The van der Waals surface area contributed by atoms with Gasteiger partial charge in [-0.15, -0.1) is 0 Å². The first-order chi connectivity index (χ1) is 7.09. The van der Waals surface area contributed by atoms with E-state index < -0.39 is 0 Å². The molecule has 0 fully saturated rings. The summed E-state index contributed by atoms with van der Waals surface area (Å²) in [5.41, 5.74) is 0. The Bertz CT molecular complexity index is 311. The molecular formula is C12H17NO2. The van der Waals surface area contributed by atoms with Gasteiger partial charge in [-0.25, -0.2) is 0 Å². The van der Waals surface area contributed by atoms with Crippen molar-refractivity contribution < 1.29 is 9.53 Å². The lowest BCUT2D eigenvalue weighted by Crippen LogP contribution is -2.41. The summed E-state index contributed by atoms with van der Waals surface area (Å²) in [6, 6.07) is 9.58. The van der Waals surface area contributed by atoms with Gasteiger partial charge in [-0.1, -0.05) is 18.2 Å². The molecule has 1 rings (SSSR count). The molecular weight excluding hydrogens is 190 g/mol. The van der Waals surface area contributed by atoms with E-state index in [1.165, 1.54) is 6.92 Å². The summed E-state index contributed by atoms with van der Waals surface area (Å²) in [6.07, 6.45) is -0.0451. The summed E-state index contributed by atoms with van der Waals surface area (Å²) >= 11 is 0. The maximum absolute atomic E-state index is 10.8. The van der Waals surface area contributed by atoms with Crippen molar-refractivity contribution in [3.63, 3.8) is 0 Å². The molecule has 0 bridgehead atoms. The van der Waals surface area contributed by atoms with Gasteiger partial charge in [-0.3, -0.25) is 4.79 Å². The van der Waals surface area contributed by atoms with Gasteiger partial charge in [0.15, 0.2) is 0 Å². The second-order valence-electron chi connectivity index (χ2n) is 3.63. The maximum Gasteiger partial charge on any atom is 0.217 e. The molecule has 3 heteroatoms. The summed E-state index contributed by atoms with van der Waals surface area (Å²) < 4.78 is 5.66. The van der Waals surface area contributed by atoms with E-state index in [1.807, 2.05) is 44.2 Å². The molecule has 2 atom stereocenters. The van der Waals surface area contributed by atoms with Crippen LogP contribution in [0.25, 0.3) is 0 Å². The Balaban J connectivity index is 2.48. The average molecular weight is 207 g/mol. The van der Waals surface area contributed by atoms with Crippen molar-refractivity contribution in [2.24, 2.45) is 0 Å². The van der Waals surface area contributed by atoms with E-state index in [-0.39, 0.29) is 18.1 Å². The summed E-state index contributed by atoms with van der Waals surface area (Å²) in [6.45, 7) is 5.37. The van der Waals surface area contributed by atoms with Gasteiger partial charge in [0.2, 0.25) is 5.91 Å². The monoisotopic (exact) mass is 207 g/mol. The fourth-order valence-corrected chi connectivity index (χ4v) is 1.25. The number of hydrogen-bond donors (Lipinski definition) is 1. The minimum atomic E-state index is -0.0451. The highest BCUT2D eigenvalue weighted by molar-refractivity contribution is 5.73. The molecule has 0 radical (unpaired) electrons. The fourth-order valence-electron chi connectivity index (χ4n) is 1.25. The topological polar surface area (TPSA) is 38.3 Å². The van der Waals surface area contributed by atoms with E-state index in [2.05, 4.69) is 5.32 Å². The van der Waals surface area contributed by atoms with Crippen LogP contribution in [0, 0.1) is 0 Å². The number of para-hydroxylation sites is 1. The molecule has 0 aromatic heterocycles. The zero-order valence-electron chi connectivity index (χ0n) is 9.36. The Labute approximate surface area is 90.4 Å². The standard InChI is InChI=1S/C12H17NO2/c1-9(13-11(3)14)10(2)15-12-7-5-4-6-8-12/h4-10H,1-3H3,(H,13,14)/t9-,10+/m1/s1. The van der Waals surface area contributed by atoms with Crippen LogP contribution in [0.2, 0.25) is 0 Å². The molecule has 15 heavy (non-hydrogen) atoms. The first-order valence-electron chi connectivity index (χ1n) is 5.08. The normalized spacial score (nSPS) is 14.1. The van der Waals surface area contributed by atoms with Crippen LogP contribution in [0.4, 0.5) is 0 Å². The van der Waals surface area contributed by atoms with Crippen molar-refractivity contribution in [3.05, 3.63) is 30.3 Å². The van der Waals surface area contributed by atoms with Crippen LogP contribution >= 0.6 is 0 Å². The molecule has 82 valence electrons. The van der Waals surface area contributed by atoms with E-state index in [1.54, 1.807) is 0 Å². The molecule has 1 aromatic rings. The van der Waals surface area contributed by atoms with Crippen LogP contribution in [0.15, 0.2) is 30.3 Å². The predicted molar refractivity (Wildman–Crippen MR) is 59.8 cm³/mol. The minimum Gasteiger partial charge on any atom is -0.489 e. The van der Waals surface area contributed by atoms with E-state index >= 15 is 0 Å². The molecule has 0 aliphatic carbocycles. The van der Waals surface area contributed by atoms with E-state index in [0.29, 0.717) is 0 Å². The third kappa shape index (κ3) is 4.02. The van der Waals surface area contributed by atoms with Gasteiger partial charge in [-0.05, 0) is 26.0 Å². The maximum atomic E-state index is 10.8. The smallest absolute Gasteiger partial charge is 0.217 e. The van der Waals surface area contributed by atoms with Crippen LogP contribution in [-0.2, 0) is 4.79 Å². The number of carbonyl (C=O) groups excluding carboxylic acids is 1. The lowest BCUT2D eigenvalue weighted by atomic mass is 10.2. The second-order valence-corrected chi connectivity index (χ2v) is 3.63. The third-order valence-corrected chi connectivity index (χ3v) is 2.20. The molecule has 0 spiro atoms. The summed E-state index contributed by atoms with van der Waals surface area (Å²) in [7, 11) is 0. The van der Waals surface area contributed by atoms with Crippen LogP contribution in [0.5, 0.6) is 5.75 Å². The Morgan fingerprint density at radius 1 is 1.27 bits per heavy atom. The zero-order valence-corrected chi connectivity index (χ0v) is 9.36. The van der Waals surface area contributed by atoms with Crippen molar-refractivity contribution >= 4 is 5.91 Å². The van der Waals surface area contributed by atoms with Crippen LogP contribution in [-0.4, -0.2) is 18.1 Å². The highest BCUT2D eigenvalue weighted by atomic mass is 16.5. The number of amides is 1. The van der Waals surface area contributed by atoms with Crippen molar-refractivity contribution in [1.29, 1.82) is 0 Å². The van der Waals surface area contributed by atoms with Gasteiger partial charge in [-0.2, -0.15) is 0 Å². The highest BCUT2D eigenvalue weighted by Crippen LogP contribution is 2.12. The van der Waals surface area contributed by atoms with E-state index in [9.17, 15) is 4.79 Å². The van der Waals surface area contributed by atoms with Gasteiger partial charge in [0, 0.05) is 6.92 Å². The summed E-state index contributed by atoms with van der Waals surface area (Å²) in [5.74, 6) is 0.785. The summed E-state index contributed by atoms with van der Waals surface area (Å²) in [4.78, 5) is 10.8. The molecule has 0 saturated carbocycles. The Morgan fingerprint density at radius 2 is 1.87 bits per heavy atom. The van der Waals surface area contributed by atoms with Crippen molar-refractivity contribution in [2.75, 3.05) is 0 Å². The number of rotatable bonds is 4. The van der Waals surface area contributed by atoms with Crippen molar-refractivity contribution in [1.82, 2.24) is 5.32 Å². The molecule has 1 N–H and O–H groups in total. The Kier molecular flexibility index (Phi) is 4.16. The quantitative estimate of drug-likeness (QED) is 0.819. The zero-order chi connectivity index (χ0) is 11.3. The lowest BCUT2D eigenvalue weighted by Gasteiger charge is -2.21. The number of nitrogens with one attached hydrogen (secondary N) is 1. The van der Waals surface area contributed by atoms with Crippen LogP contribution in [0.1, 0.15) is 20.8 Å². The summed E-state index contributed by atoms with van der Waals surface area (Å²) in [5, 5.41) is 2.80. The van der Waals surface area contributed by atoms with E-state index in [4.69, 9.17) is 4.74 Å². The van der Waals surface area contributed by atoms with Gasteiger partial charge < -0.3 is 10.1 Å². The second kappa shape index (κ2) is 5.39. The molecule has 0 unspecified atom stereocenters. The average Bonchev–Trinajstić information content (AvgIpc) is 2.18. The third-order valence-electron chi connectivity index (χ3n) is 2.20. The van der Waals surface area contributed by atoms with Crippen molar-refractivity contribution in [3.8, 4) is 5.75 Å². The van der Waals surface area contributed by atoms with Gasteiger partial charge in [0.1, 0.15) is 11.9 Å². The molecule has 0 heterocycles. The number of carbonyl (C=O) groups is 1. The van der Waals surface area contributed by atoms with Gasteiger partial charge in [0.25, 0.3) is 0 Å². The lowest BCUT2D eigenvalue weighted by molar-refractivity contribution is -0.120. The fraction of sp³-hybridized carbons (Fsp3) is 0.417. The predicted octanol–water partition coefficient (Wildman–Crippen LogP) is 1.98. The Morgan fingerprint density at radius 3 is 2.40 bits per heavy atom. The molecule has 0 saturated heterocycles. The first kappa shape index (κ1) is 11.6. The van der Waals surface area contributed by atoms with Gasteiger partial charge >= 0.3 is 0 Å². The molecule has 1 amide bonds. The largest absolute Gasteiger partial charge is 0.489 e. The van der Waals surface area contributed by atoms with E-state index in [0.717, 1.165) is 5.75 Å². The number of ether oxygens (including phenoxy) is 1. The highest BCUT2D eigenvalue weighted by Gasteiger charge is 2.14. The van der Waals surface area contributed by atoms with Gasteiger partial charge in [0.05, 0.1) is 6.04 Å². The minimum absolute atomic E-state index is 0.00251. The molecule has 0 aliphatic rings. The van der Waals surface area contributed by atoms with Crippen LogP contribution in [0.3, 0.4) is 0 Å². The SMILES string of the molecule is CC(=O)N[C@H](C)[C@H](C)Oc1ccccc1. The molecule has 1 aromatic carbocycles. The van der Waals surface area contributed by atoms with Crippen molar-refractivity contribution in [2.45, 2.75) is 32.9 Å². The molecule has 0 aliphatic heterocycles. The number of benzene rings is 1. The first-order valence-corrected chi connectivity index (χ1v) is 5.08. The van der Waals surface area contributed by atoms with Crippen LogP contribution < -0.4 is 10.1 Å².